The Bertz CT molecular complexity index is 663. The molecule has 0 aliphatic heterocycles. The standard InChI is InChI=1S/C18H19O4P/c1-3-4-11-16(2)20-23(19,21-17-12-7-5-8-13-17)22-18-14-9-6-10-15-18/h3-15H,1-2H3/b4-3-,16-11+. The lowest BCUT2D eigenvalue weighted by Gasteiger charge is -2.19. The highest BCUT2D eigenvalue weighted by Gasteiger charge is 2.32. The Balaban J connectivity index is 2.24. The van der Waals surface area contributed by atoms with Gasteiger partial charge in [-0.2, -0.15) is 4.57 Å². The van der Waals surface area contributed by atoms with Crippen molar-refractivity contribution in [3.8, 4) is 11.5 Å². The van der Waals surface area contributed by atoms with Crippen molar-refractivity contribution in [2.75, 3.05) is 0 Å². The molecule has 2 aromatic rings. The van der Waals surface area contributed by atoms with Gasteiger partial charge in [-0.3, -0.25) is 0 Å². The highest BCUT2D eigenvalue weighted by Crippen LogP contribution is 2.51. The Kier molecular flexibility index (Phi) is 6.07. The summed E-state index contributed by atoms with van der Waals surface area (Å²) in [7, 11) is -3.86. The van der Waals surface area contributed by atoms with Gasteiger partial charge in [-0.25, -0.2) is 0 Å². The van der Waals surface area contributed by atoms with E-state index in [1.54, 1.807) is 67.6 Å². The van der Waals surface area contributed by atoms with Gasteiger partial charge in [0.2, 0.25) is 0 Å². The summed E-state index contributed by atoms with van der Waals surface area (Å²) in [6, 6.07) is 17.6. The molecule has 0 aromatic heterocycles. The van der Waals surface area contributed by atoms with Crippen LogP contribution < -0.4 is 9.05 Å². The van der Waals surface area contributed by atoms with Crippen LogP contribution in [0.25, 0.3) is 0 Å². The van der Waals surface area contributed by atoms with E-state index in [-0.39, 0.29) is 0 Å². The van der Waals surface area contributed by atoms with E-state index in [9.17, 15) is 4.57 Å². The van der Waals surface area contributed by atoms with Crippen molar-refractivity contribution in [2.45, 2.75) is 13.8 Å². The fraction of sp³-hybridized carbons (Fsp3) is 0.111. The van der Waals surface area contributed by atoms with Crippen LogP contribution in [0.4, 0.5) is 0 Å². The molecule has 0 aliphatic carbocycles. The summed E-state index contributed by atoms with van der Waals surface area (Å²) in [6.07, 6.45) is 5.31. The Morgan fingerprint density at radius 2 is 1.39 bits per heavy atom. The second kappa shape index (κ2) is 8.25. The number of phosphoric ester groups is 1. The van der Waals surface area contributed by atoms with Gasteiger partial charge in [0.25, 0.3) is 0 Å². The molecule has 120 valence electrons. The van der Waals surface area contributed by atoms with E-state index in [0.29, 0.717) is 17.3 Å². The summed E-state index contributed by atoms with van der Waals surface area (Å²) in [5, 5.41) is 0. The minimum absolute atomic E-state index is 0.408. The predicted molar refractivity (Wildman–Crippen MR) is 91.4 cm³/mol. The average Bonchev–Trinajstić information content (AvgIpc) is 2.54. The Hall–Kier alpha value is -2.45. The first-order valence-electron chi connectivity index (χ1n) is 7.20. The van der Waals surface area contributed by atoms with Gasteiger partial charge in [-0.15, -0.1) is 0 Å². The van der Waals surface area contributed by atoms with E-state index in [4.69, 9.17) is 13.6 Å². The zero-order valence-corrected chi connectivity index (χ0v) is 14.0. The molecule has 0 saturated heterocycles. The third kappa shape index (κ3) is 5.68. The molecule has 0 radical (unpaired) electrons. The smallest absolute Gasteiger partial charge is 0.391 e. The van der Waals surface area contributed by atoms with E-state index >= 15 is 0 Å². The van der Waals surface area contributed by atoms with Gasteiger partial charge in [0.1, 0.15) is 17.3 Å². The normalized spacial score (nSPS) is 12.2. The molecule has 0 heterocycles. The number of allylic oxidation sites excluding steroid dienone is 4. The Morgan fingerprint density at radius 3 is 1.83 bits per heavy atom. The van der Waals surface area contributed by atoms with E-state index < -0.39 is 7.82 Å². The number of rotatable bonds is 7. The van der Waals surface area contributed by atoms with Crippen molar-refractivity contribution in [1.82, 2.24) is 0 Å². The molecule has 0 saturated carbocycles. The molecular weight excluding hydrogens is 311 g/mol. The third-order valence-corrected chi connectivity index (χ3v) is 4.08. The van der Waals surface area contributed by atoms with Gasteiger partial charge in [-0.05, 0) is 44.2 Å². The Labute approximate surface area is 136 Å². The van der Waals surface area contributed by atoms with Crippen LogP contribution in [0.5, 0.6) is 11.5 Å². The van der Waals surface area contributed by atoms with Crippen LogP contribution in [0.3, 0.4) is 0 Å². The summed E-state index contributed by atoms with van der Waals surface area (Å²) in [4.78, 5) is 0. The predicted octanol–water partition coefficient (Wildman–Crippen LogP) is 5.75. The van der Waals surface area contributed by atoms with Crippen LogP contribution in [-0.2, 0) is 9.09 Å². The van der Waals surface area contributed by atoms with Crippen LogP contribution in [0.15, 0.2) is 84.7 Å². The van der Waals surface area contributed by atoms with Gasteiger partial charge < -0.3 is 13.6 Å². The molecule has 0 unspecified atom stereocenters. The van der Waals surface area contributed by atoms with Gasteiger partial charge in [0.05, 0.1) is 0 Å². The fourth-order valence-corrected chi connectivity index (χ4v) is 3.00. The zero-order chi connectivity index (χ0) is 16.5. The minimum atomic E-state index is -3.86. The van der Waals surface area contributed by atoms with Gasteiger partial charge in [0, 0.05) is 0 Å². The lowest BCUT2D eigenvalue weighted by molar-refractivity contribution is 0.257. The molecule has 0 spiro atoms. The van der Waals surface area contributed by atoms with Gasteiger partial charge in [-0.1, -0.05) is 48.6 Å². The second-order valence-corrected chi connectivity index (χ2v) is 6.09. The highest BCUT2D eigenvalue weighted by molar-refractivity contribution is 7.49. The molecular formula is C18H19O4P. The van der Waals surface area contributed by atoms with Gasteiger partial charge >= 0.3 is 7.82 Å². The van der Waals surface area contributed by atoms with Crippen molar-refractivity contribution >= 4 is 7.82 Å². The van der Waals surface area contributed by atoms with E-state index in [0.717, 1.165) is 0 Å². The van der Waals surface area contributed by atoms with Crippen LogP contribution in [0, 0.1) is 0 Å². The molecule has 2 rings (SSSR count). The quantitative estimate of drug-likeness (QED) is 0.368. The summed E-state index contributed by atoms with van der Waals surface area (Å²) in [5.74, 6) is 1.24. The average molecular weight is 330 g/mol. The largest absolute Gasteiger partial charge is 0.646 e. The van der Waals surface area contributed by atoms with Crippen LogP contribution >= 0.6 is 7.82 Å². The molecule has 4 nitrogen and oxygen atoms in total. The maximum atomic E-state index is 13.0. The van der Waals surface area contributed by atoms with Crippen LogP contribution in [0.2, 0.25) is 0 Å². The molecule has 23 heavy (non-hydrogen) atoms. The highest BCUT2D eigenvalue weighted by atomic mass is 31.2. The number of benzene rings is 2. The molecule has 0 bridgehead atoms. The monoisotopic (exact) mass is 330 g/mol. The molecule has 0 fully saturated rings. The van der Waals surface area contributed by atoms with Gasteiger partial charge in [0.15, 0.2) is 0 Å². The van der Waals surface area contributed by atoms with Crippen molar-refractivity contribution < 1.29 is 18.1 Å². The first kappa shape index (κ1) is 16.9. The molecule has 0 aliphatic rings. The lowest BCUT2D eigenvalue weighted by Crippen LogP contribution is -2.04. The van der Waals surface area contributed by atoms with Crippen molar-refractivity contribution in [3.05, 3.63) is 84.7 Å². The van der Waals surface area contributed by atoms with E-state index in [2.05, 4.69) is 0 Å². The SMILES string of the molecule is C/C=C\C=C(/C)OP(=O)(Oc1ccccc1)Oc1ccccc1. The molecule has 0 atom stereocenters. The first-order chi connectivity index (χ1) is 11.1. The van der Waals surface area contributed by atoms with Crippen molar-refractivity contribution in [3.63, 3.8) is 0 Å². The minimum Gasteiger partial charge on any atom is -0.391 e. The number of hydrogen-bond donors (Lipinski definition) is 0. The topological polar surface area (TPSA) is 44.8 Å². The summed E-state index contributed by atoms with van der Waals surface area (Å²) in [5.41, 5.74) is 0. The fourth-order valence-electron chi connectivity index (χ4n) is 1.72. The van der Waals surface area contributed by atoms with Crippen LogP contribution in [0.1, 0.15) is 13.8 Å². The molecule has 2 aromatic carbocycles. The number of phosphoric acid groups is 1. The number of hydrogen-bond acceptors (Lipinski definition) is 4. The zero-order valence-electron chi connectivity index (χ0n) is 13.1. The third-order valence-electron chi connectivity index (χ3n) is 2.70. The first-order valence-corrected chi connectivity index (χ1v) is 8.66. The second-order valence-electron chi connectivity index (χ2n) is 4.65. The summed E-state index contributed by atoms with van der Waals surface area (Å²) in [6.45, 7) is 3.57. The maximum absolute atomic E-state index is 13.0. The van der Waals surface area contributed by atoms with Crippen molar-refractivity contribution in [1.29, 1.82) is 0 Å². The summed E-state index contributed by atoms with van der Waals surface area (Å²) < 4.78 is 29.5. The van der Waals surface area contributed by atoms with Crippen LogP contribution in [-0.4, -0.2) is 0 Å². The van der Waals surface area contributed by atoms with E-state index in [1.807, 2.05) is 25.1 Å². The molecule has 0 amide bonds. The van der Waals surface area contributed by atoms with E-state index in [1.165, 1.54) is 0 Å². The maximum Gasteiger partial charge on any atom is 0.646 e. The Morgan fingerprint density at radius 1 is 0.913 bits per heavy atom. The lowest BCUT2D eigenvalue weighted by atomic mass is 10.3. The summed E-state index contributed by atoms with van der Waals surface area (Å²) >= 11 is 0. The number of para-hydroxylation sites is 2. The molecule has 5 heteroatoms. The molecule has 0 N–H and O–H groups in total. The van der Waals surface area contributed by atoms with Crippen molar-refractivity contribution in [2.24, 2.45) is 0 Å².